The van der Waals surface area contributed by atoms with Crippen LogP contribution in [0.2, 0.25) is 0 Å². The Kier molecular flexibility index (Phi) is 5.85. The lowest BCUT2D eigenvalue weighted by molar-refractivity contribution is 0.0949. The Morgan fingerprint density at radius 1 is 1.04 bits per heavy atom. The molecule has 0 atom stereocenters. The molecule has 134 valence electrons. The highest BCUT2D eigenvalue weighted by atomic mass is 32.2. The Hall–Kier alpha value is -2.34. The van der Waals surface area contributed by atoms with Gasteiger partial charge in [-0.2, -0.15) is 0 Å². The summed E-state index contributed by atoms with van der Waals surface area (Å²) >= 11 is 0. The molecule has 1 amide bonds. The fourth-order valence-corrected chi connectivity index (χ4v) is 3.31. The smallest absolute Gasteiger partial charge is 0.261 e. The van der Waals surface area contributed by atoms with Gasteiger partial charge in [-0.05, 0) is 49.6 Å². The molecule has 0 aliphatic carbocycles. The van der Waals surface area contributed by atoms with Crippen molar-refractivity contribution >= 4 is 21.6 Å². The summed E-state index contributed by atoms with van der Waals surface area (Å²) in [5.41, 5.74) is 2.56. The van der Waals surface area contributed by atoms with Crippen LogP contribution in [-0.4, -0.2) is 20.9 Å². The van der Waals surface area contributed by atoms with Gasteiger partial charge in [-0.15, -0.1) is 0 Å². The lowest BCUT2D eigenvalue weighted by atomic mass is 10.1. The van der Waals surface area contributed by atoms with Crippen LogP contribution in [0.15, 0.2) is 47.4 Å². The molecule has 0 unspecified atom stereocenters. The first-order valence-corrected chi connectivity index (χ1v) is 9.65. The number of amides is 1. The van der Waals surface area contributed by atoms with Gasteiger partial charge >= 0.3 is 0 Å². The number of carbonyl (C=O) groups is 1. The molecule has 0 saturated carbocycles. The topological polar surface area (TPSA) is 75.3 Å². The third-order valence-corrected chi connectivity index (χ3v) is 5.13. The van der Waals surface area contributed by atoms with Gasteiger partial charge in [-0.1, -0.05) is 37.6 Å². The maximum atomic E-state index is 12.5. The van der Waals surface area contributed by atoms with Crippen LogP contribution in [0.4, 0.5) is 5.69 Å². The molecule has 2 aromatic carbocycles. The molecule has 0 saturated heterocycles. The summed E-state index contributed by atoms with van der Waals surface area (Å²) in [4.78, 5) is 12.4. The van der Waals surface area contributed by atoms with Crippen molar-refractivity contribution in [1.82, 2.24) is 5.32 Å². The first-order chi connectivity index (χ1) is 11.7. The van der Waals surface area contributed by atoms with E-state index in [2.05, 4.69) is 10.0 Å². The summed E-state index contributed by atoms with van der Waals surface area (Å²) < 4.78 is 27.7. The second kappa shape index (κ2) is 7.70. The van der Waals surface area contributed by atoms with Crippen molar-refractivity contribution in [3.63, 3.8) is 0 Å². The molecule has 0 aromatic heterocycles. The van der Waals surface area contributed by atoms with E-state index < -0.39 is 10.0 Å². The molecule has 5 nitrogen and oxygen atoms in total. The van der Waals surface area contributed by atoms with E-state index in [4.69, 9.17) is 0 Å². The molecule has 25 heavy (non-hydrogen) atoms. The highest BCUT2D eigenvalue weighted by molar-refractivity contribution is 7.92. The number of aryl methyl sites for hydroxylation is 2. The quantitative estimate of drug-likeness (QED) is 0.828. The molecule has 0 aliphatic rings. The minimum absolute atomic E-state index is 0.187. The van der Waals surface area contributed by atoms with E-state index in [0.29, 0.717) is 23.7 Å². The third-order valence-electron chi connectivity index (χ3n) is 3.75. The van der Waals surface area contributed by atoms with Gasteiger partial charge in [-0.3, -0.25) is 9.52 Å². The molecule has 2 N–H and O–H groups in total. The molecular weight excluding hydrogens is 336 g/mol. The summed E-state index contributed by atoms with van der Waals surface area (Å²) in [5.74, 6) is 0.124. The Morgan fingerprint density at radius 2 is 1.68 bits per heavy atom. The number of rotatable bonds is 6. The molecular formula is C19H24N2O3S. The molecule has 2 rings (SSSR count). The van der Waals surface area contributed by atoms with Gasteiger partial charge in [0.2, 0.25) is 0 Å². The summed E-state index contributed by atoms with van der Waals surface area (Å²) in [6, 6.07) is 11.6. The van der Waals surface area contributed by atoms with E-state index in [1.165, 1.54) is 0 Å². The number of nitrogens with one attached hydrogen (secondary N) is 2. The van der Waals surface area contributed by atoms with E-state index in [0.717, 1.165) is 11.1 Å². The Balaban J connectivity index is 2.25. The standard InChI is InChI=1S/C19H24N2O3S/c1-13(2)12-20-19(22)16-8-7-15(4)18(11-16)21-25(23,24)17-9-5-14(3)6-10-17/h5-11,13,21H,12H2,1-4H3,(H,20,22). The molecule has 0 fully saturated rings. The van der Waals surface area contributed by atoms with Crippen molar-refractivity contribution in [1.29, 1.82) is 0 Å². The van der Waals surface area contributed by atoms with E-state index in [1.54, 1.807) is 49.4 Å². The number of hydrogen-bond donors (Lipinski definition) is 2. The molecule has 6 heteroatoms. The van der Waals surface area contributed by atoms with E-state index >= 15 is 0 Å². The molecule has 2 aromatic rings. The first-order valence-electron chi connectivity index (χ1n) is 8.17. The third kappa shape index (κ3) is 5.06. The van der Waals surface area contributed by atoms with Gasteiger partial charge < -0.3 is 5.32 Å². The number of anilines is 1. The van der Waals surface area contributed by atoms with Crippen LogP contribution in [0.5, 0.6) is 0 Å². The molecule has 0 heterocycles. The van der Waals surface area contributed by atoms with E-state index in [-0.39, 0.29) is 10.8 Å². The molecule has 0 radical (unpaired) electrons. The van der Waals surface area contributed by atoms with E-state index in [1.807, 2.05) is 20.8 Å². The number of hydrogen-bond acceptors (Lipinski definition) is 3. The van der Waals surface area contributed by atoms with Crippen LogP contribution in [0.25, 0.3) is 0 Å². The monoisotopic (exact) mass is 360 g/mol. The minimum atomic E-state index is -3.70. The zero-order valence-electron chi connectivity index (χ0n) is 15.0. The normalized spacial score (nSPS) is 11.4. The summed E-state index contributed by atoms with van der Waals surface area (Å²) in [5, 5.41) is 2.83. The van der Waals surface area contributed by atoms with Crippen LogP contribution in [0, 0.1) is 19.8 Å². The summed E-state index contributed by atoms with van der Waals surface area (Å²) in [7, 11) is -3.70. The van der Waals surface area contributed by atoms with Crippen LogP contribution < -0.4 is 10.0 Å². The Bertz CT molecular complexity index is 857. The number of benzene rings is 2. The van der Waals surface area contributed by atoms with E-state index in [9.17, 15) is 13.2 Å². The van der Waals surface area contributed by atoms with Crippen molar-refractivity contribution in [3.05, 3.63) is 59.2 Å². The average molecular weight is 360 g/mol. The fourth-order valence-electron chi connectivity index (χ4n) is 2.19. The average Bonchev–Trinajstić information content (AvgIpc) is 2.54. The minimum Gasteiger partial charge on any atom is -0.352 e. The second-order valence-corrected chi connectivity index (χ2v) is 8.23. The number of carbonyl (C=O) groups excluding carboxylic acids is 1. The second-order valence-electron chi connectivity index (χ2n) is 6.55. The maximum absolute atomic E-state index is 12.5. The van der Waals surface area contributed by atoms with Gasteiger partial charge in [0, 0.05) is 12.1 Å². The molecule has 0 aliphatic heterocycles. The van der Waals surface area contributed by atoms with Crippen LogP contribution in [-0.2, 0) is 10.0 Å². The van der Waals surface area contributed by atoms with Gasteiger partial charge in [0.25, 0.3) is 15.9 Å². The van der Waals surface area contributed by atoms with Crippen molar-refractivity contribution < 1.29 is 13.2 Å². The zero-order chi connectivity index (χ0) is 18.6. The predicted octanol–water partition coefficient (Wildman–Crippen LogP) is 3.49. The molecule has 0 spiro atoms. The molecule has 0 bridgehead atoms. The fraction of sp³-hybridized carbons (Fsp3) is 0.316. The van der Waals surface area contributed by atoms with Crippen molar-refractivity contribution in [2.45, 2.75) is 32.6 Å². The van der Waals surface area contributed by atoms with Gasteiger partial charge in [-0.25, -0.2) is 8.42 Å². The summed E-state index contributed by atoms with van der Waals surface area (Å²) in [6.07, 6.45) is 0. The van der Waals surface area contributed by atoms with Gasteiger partial charge in [0.05, 0.1) is 10.6 Å². The van der Waals surface area contributed by atoms with Crippen LogP contribution in [0.1, 0.15) is 35.3 Å². The Morgan fingerprint density at radius 3 is 2.28 bits per heavy atom. The lowest BCUT2D eigenvalue weighted by Gasteiger charge is -2.13. The largest absolute Gasteiger partial charge is 0.352 e. The van der Waals surface area contributed by atoms with Crippen LogP contribution in [0.3, 0.4) is 0 Å². The first kappa shape index (κ1) is 19.0. The van der Waals surface area contributed by atoms with Crippen LogP contribution >= 0.6 is 0 Å². The SMILES string of the molecule is Cc1ccc(S(=O)(=O)Nc2cc(C(=O)NCC(C)C)ccc2C)cc1. The van der Waals surface area contributed by atoms with Crippen molar-refractivity contribution in [3.8, 4) is 0 Å². The van der Waals surface area contributed by atoms with Gasteiger partial charge in [0.15, 0.2) is 0 Å². The highest BCUT2D eigenvalue weighted by Gasteiger charge is 2.16. The lowest BCUT2D eigenvalue weighted by Crippen LogP contribution is -2.27. The number of sulfonamides is 1. The van der Waals surface area contributed by atoms with Crippen molar-refractivity contribution in [2.24, 2.45) is 5.92 Å². The highest BCUT2D eigenvalue weighted by Crippen LogP contribution is 2.21. The summed E-state index contributed by atoms with van der Waals surface area (Å²) in [6.45, 7) is 8.28. The predicted molar refractivity (Wildman–Crippen MR) is 100 cm³/mol. The maximum Gasteiger partial charge on any atom is 0.261 e. The zero-order valence-corrected chi connectivity index (χ0v) is 15.8. The Labute approximate surface area is 149 Å². The van der Waals surface area contributed by atoms with Gasteiger partial charge in [0.1, 0.15) is 0 Å². The van der Waals surface area contributed by atoms with Crippen molar-refractivity contribution in [2.75, 3.05) is 11.3 Å².